The summed E-state index contributed by atoms with van der Waals surface area (Å²) in [6, 6.07) is 8.04. The van der Waals surface area contributed by atoms with Crippen LogP contribution < -0.4 is 0 Å². The van der Waals surface area contributed by atoms with E-state index in [1.54, 1.807) is 31.3 Å². The summed E-state index contributed by atoms with van der Waals surface area (Å²) in [5.41, 5.74) is 1.83. The molecule has 2 aromatic rings. The van der Waals surface area contributed by atoms with E-state index in [0.717, 1.165) is 12.5 Å². The van der Waals surface area contributed by atoms with Crippen molar-refractivity contribution >= 4 is 5.97 Å². The van der Waals surface area contributed by atoms with Gasteiger partial charge in [-0.15, -0.1) is 0 Å². The van der Waals surface area contributed by atoms with Gasteiger partial charge in [-0.3, -0.25) is 4.68 Å². The summed E-state index contributed by atoms with van der Waals surface area (Å²) in [5.74, 6) is -3.85. The van der Waals surface area contributed by atoms with Gasteiger partial charge in [0.1, 0.15) is 0 Å². The number of hydrogen-bond donors (Lipinski definition) is 1. The maximum Gasteiger partial charge on any atom is 0.356 e. The zero-order chi connectivity index (χ0) is 14.9. The first-order valence-electron chi connectivity index (χ1n) is 6.01. The average Bonchev–Trinajstić information content (AvgIpc) is 2.70. The highest BCUT2D eigenvalue weighted by atomic mass is 19.3. The maximum atomic E-state index is 12.9. The lowest BCUT2D eigenvalue weighted by Gasteiger charge is -2.10. The van der Waals surface area contributed by atoms with Crippen molar-refractivity contribution in [1.82, 2.24) is 9.78 Å². The molecule has 0 aliphatic rings. The largest absolute Gasteiger partial charge is 0.476 e. The minimum atomic E-state index is -2.75. The third-order valence-corrected chi connectivity index (χ3v) is 2.86. The number of aryl methyl sites for hydroxylation is 1. The highest BCUT2D eigenvalue weighted by Gasteiger charge is 2.21. The Morgan fingerprint density at radius 1 is 1.35 bits per heavy atom. The smallest absolute Gasteiger partial charge is 0.356 e. The van der Waals surface area contributed by atoms with Crippen LogP contribution in [0.25, 0.3) is 11.3 Å². The Hall–Kier alpha value is -2.24. The second-order valence-electron chi connectivity index (χ2n) is 4.79. The van der Waals surface area contributed by atoms with Crippen molar-refractivity contribution in [3.05, 3.63) is 41.6 Å². The summed E-state index contributed by atoms with van der Waals surface area (Å²) in [7, 11) is 1.63. The molecule has 0 spiro atoms. The number of hydrogen-bond acceptors (Lipinski definition) is 2. The van der Waals surface area contributed by atoms with E-state index in [0.29, 0.717) is 11.3 Å². The number of halogens is 2. The summed E-state index contributed by atoms with van der Waals surface area (Å²) in [5, 5.41) is 12.7. The number of nitrogens with zero attached hydrogens (tertiary/aromatic N) is 2. The number of rotatable bonds is 4. The van der Waals surface area contributed by atoms with Crippen molar-refractivity contribution < 1.29 is 18.7 Å². The molecule has 1 N–H and O–H groups in total. The minimum Gasteiger partial charge on any atom is -0.476 e. The summed E-state index contributed by atoms with van der Waals surface area (Å²) in [6.45, 7) is 0.876. The van der Waals surface area contributed by atoms with E-state index in [1.165, 1.54) is 10.7 Å². The van der Waals surface area contributed by atoms with Gasteiger partial charge in [0, 0.05) is 13.5 Å². The van der Waals surface area contributed by atoms with Crippen molar-refractivity contribution in [3.63, 3.8) is 0 Å². The van der Waals surface area contributed by atoms with Gasteiger partial charge in [-0.2, -0.15) is 5.10 Å². The topological polar surface area (TPSA) is 55.1 Å². The minimum absolute atomic E-state index is 0.0494. The monoisotopic (exact) mass is 280 g/mol. The van der Waals surface area contributed by atoms with Gasteiger partial charge in [-0.1, -0.05) is 24.3 Å². The van der Waals surface area contributed by atoms with Crippen LogP contribution in [-0.2, 0) is 13.5 Å². The van der Waals surface area contributed by atoms with E-state index in [9.17, 15) is 13.6 Å². The molecule has 1 aromatic carbocycles. The highest BCUT2D eigenvalue weighted by Crippen LogP contribution is 2.23. The van der Waals surface area contributed by atoms with Crippen LogP contribution in [0.2, 0.25) is 0 Å². The van der Waals surface area contributed by atoms with Crippen molar-refractivity contribution in [3.8, 4) is 11.3 Å². The molecule has 0 aliphatic heterocycles. The van der Waals surface area contributed by atoms with Gasteiger partial charge in [0.05, 0.1) is 5.69 Å². The highest BCUT2D eigenvalue weighted by molar-refractivity contribution is 5.87. The van der Waals surface area contributed by atoms with Gasteiger partial charge in [-0.05, 0) is 24.1 Å². The van der Waals surface area contributed by atoms with E-state index in [2.05, 4.69) is 5.10 Å². The van der Waals surface area contributed by atoms with E-state index >= 15 is 0 Å². The molecule has 0 aliphatic carbocycles. The number of aromatic carboxylic acids is 1. The molecular formula is C14H14F2N2O2. The van der Waals surface area contributed by atoms with Gasteiger partial charge in [0.2, 0.25) is 5.92 Å². The van der Waals surface area contributed by atoms with Crippen LogP contribution in [0.5, 0.6) is 0 Å². The molecule has 0 atom stereocenters. The number of carboxylic acid groups (broad SMARTS) is 1. The Morgan fingerprint density at radius 2 is 1.95 bits per heavy atom. The molecule has 6 heteroatoms. The second kappa shape index (κ2) is 5.03. The molecule has 0 fully saturated rings. The van der Waals surface area contributed by atoms with Crippen LogP contribution in [0.3, 0.4) is 0 Å². The average molecular weight is 280 g/mol. The summed E-state index contributed by atoms with van der Waals surface area (Å²) >= 11 is 0. The number of carbonyl (C=O) groups is 1. The lowest BCUT2D eigenvalue weighted by Crippen LogP contribution is -2.13. The SMILES string of the molecule is Cn1nc(C(=O)O)cc1-c1ccc(CC(C)(F)F)cc1. The van der Waals surface area contributed by atoms with E-state index in [1.807, 2.05) is 0 Å². The summed E-state index contributed by atoms with van der Waals surface area (Å²) in [4.78, 5) is 10.8. The van der Waals surface area contributed by atoms with E-state index in [-0.39, 0.29) is 12.1 Å². The Balaban J connectivity index is 2.28. The number of aromatic nitrogens is 2. The third-order valence-electron chi connectivity index (χ3n) is 2.86. The normalized spacial score (nSPS) is 11.6. The van der Waals surface area contributed by atoms with Crippen molar-refractivity contribution in [2.24, 2.45) is 7.05 Å². The van der Waals surface area contributed by atoms with Gasteiger partial charge in [0.15, 0.2) is 5.69 Å². The lowest BCUT2D eigenvalue weighted by molar-refractivity contribution is 0.0226. The summed E-state index contributed by atoms with van der Waals surface area (Å²) < 4.78 is 27.3. The fourth-order valence-electron chi connectivity index (χ4n) is 1.99. The molecule has 2 rings (SSSR count). The molecule has 20 heavy (non-hydrogen) atoms. The molecule has 106 valence electrons. The van der Waals surface area contributed by atoms with Crippen LogP contribution >= 0.6 is 0 Å². The molecule has 0 bridgehead atoms. The standard InChI is InChI=1S/C14H14F2N2O2/c1-14(15,16)8-9-3-5-10(6-4-9)12-7-11(13(19)20)17-18(12)2/h3-7H,8H2,1-2H3,(H,19,20). The fourth-order valence-corrected chi connectivity index (χ4v) is 1.99. The first-order valence-corrected chi connectivity index (χ1v) is 6.01. The van der Waals surface area contributed by atoms with Gasteiger partial charge in [0.25, 0.3) is 0 Å². The molecule has 1 aromatic heterocycles. The quantitative estimate of drug-likeness (QED) is 0.936. The van der Waals surface area contributed by atoms with Crippen molar-refractivity contribution in [2.45, 2.75) is 19.3 Å². The Morgan fingerprint density at radius 3 is 2.40 bits per heavy atom. The second-order valence-corrected chi connectivity index (χ2v) is 4.79. The number of benzene rings is 1. The molecule has 0 saturated carbocycles. The van der Waals surface area contributed by atoms with E-state index in [4.69, 9.17) is 5.11 Å². The fraction of sp³-hybridized carbons (Fsp3) is 0.286. The van der Waals surface area contributed by atoms with Crippen molar-refractivity contribution in [2.75, 3.05) is 0 Å². The molecule has 0 unspecified atom stereocenters. The van der Waals surface area contributed by atoms with Crippen molar-refractivity contribution in [1.29, 1.82) is 0 Å². The van der Waals surface area contributed by atoms with Gasteiger partial charge in [-0.25, -0.2) is 13.6 Å². The van der Waals surface area contributed by atoms with Crippen LogP contribution in [-0.4, -0.2) is 26.8 Å². The number of alkyl halides is 2. The van der Waals surface area contributed by atoms with Crippen LogP contribution in [0.15, 0.2) is 30.3 Å². The predicted molar refractivity (Wildman–Crippen MR) is 69.9 cm³/mol. The molecule has 4 nitrogen and oxygen atoms in total. The molecule has 0 amide bonds. The van der Waals surface area contributed by atoms with Gasteiger partial charge < -0.3 is 5.11 Å². The predicted octanol–water partition coefficient (Wildman–Crippen LogP) is 2.98. The molecule has 0 saturated heterocycles. The van der Waals surface area contributed by atoms with Gasteiger partial charge >= 0.3 is 5.97 Å². The zero-order valence-corrected chi connectivity index (χ0v) is 11.1. The summed E-state index contributed by atoms with van der Waals surface area (Å²) in [6.07, 6.45) is -0.320. The Kier molecular flexibility index (Phi) is 3.57. The Labute approximate surface area is 114 Å². The zero-order valence-electron chi connectivity index (χ0n) is 11.1. The Bertz CT molecular complexity index is 628. The van der Waals surface area contributed by atoms with Crippen LogP contribution in [0.1, 0.15) is 23.0 Å². The third kappa shape index (κ3) is 3.20. The van der Waals surface area contributed by atoms with E-state index < -0.39 is 11.9 Å². The lowest BCUT2D eigenvalue weighted by atomic mass is 10.0. The molecule has 1 heterocycles. The number of carboxylic acids is 1. The molecular weight excluding hydrogens is 266 g/mol. The first-order chi connectivity index (χ1) is 9.26. The maximum absolute atomic E-state index is 12.9. The molecule has 0 radical (unpaired) electrons. The van der Waals surface area contributed by atoms with Crippen LogP contribution in [0, 0.1) is 0 Å². The first kappa shape index (κ1) is 14.2. The van der Waals surface area contributed by atoms with Crippen LogP contribution in [0.4, 0.5) is 8.78 Å².